The van der Waals surface area contributed by atoms with Crippen molar-refractivity contribution >= 4 is 56.9 Å². The molecule has 2 N–H and O–H groups in total. The van der Waals surface area contributed by atoms with Gasteiger partial charge in [0.15, 0.2) is 6.61 Å². The zero-order valence-electron chi connectivity index (χ0n) is 12.8. The fourth-order valence-corrected chi connectivity index (χ4v) is 2.58. The predicted molar refractivity (Wildman–Crippen MR) is 100 cm³/mol. The number of hydrogen-bond donors (Lipinski definition) is 2. The van der Waals surface area contributed by atoms with E-state index < -0.39 is 22.3 Å². The van der Waals surface area contributed by atoms with Crippen molar-refractivity contribution < 1.29 is 19.6 Å². The summed E-state index contributed by atoms with van der Waals surface area (Å²) in [5.74, 6) is -0.946. The number of carbonyl (C=O) groups is 1. The summed E-state index contributed by atoms with van der Waals surface area (Å²) < 4.78 is 5.60. The molecule has 0 heterocycles. The van der Waals surface area contributed by atoms with Crippen LogP contribution in [0.4, 0.5) is 5.69 Å². The number of phenols is 1. The van der Waals surface area contributed by atoms with E-state index in [9.17, 15) is 20.0 Å². The molecular formula is C15H10BrCl2N3O5. The number of rotatable bonds is 6. The van der Waals surface area contributed by atoms with Crippen molar-refractivity contribution in [2.75, 3.05) is 6.61 Å². The van der Waals surface area contributed by atoms with Crippen LogP contribution in [0, 0.1) is 10.1 Å². The zero-order chi connectivity index (χ0) is 19.3. The van der Waals surface area contributed by atoms with Crippen LogP contribution in [-0.4, -0.2) is 28.8 Å². The lowest BCUT2D eigenvalue weighted by atomic mass is 10.2. The average Bonchev–Trinajstić information content (AvgIpc) is 2.58. The van der Waals surface area contributed by atoms with E-state index in [1.54, 1.807) is 6.07 Å². The molecular weight excluding hydrogens is 453 g/mol. The third-order valence-corrected chi connectivity index (χ3v) is 3.93. The van der Waals surface area contributed by atoms with E-state index in [2.05, 4.69) is 26.5 Å². The Hall–Kier alpha value is -2.36. The normalized spacial score (nSPS) is 10.7. The maximum atomic E-state index is 11.7. The Morgan fingerprint density at radius 3 is 2.81 bits per heavy atom. The van der Waals surface area contributed by atoms with Gasteiger partial charge in [-0.1, -0.05) is 39.1 Å². The van der Waals surface area contributed by atoms with Crippen LogP contribution < -0.4 is 10.2 Å². The van der Waals surface area contributed by atoms with Crippen molar-refractivity contribution in [1.29, 1.82) is 0 Å². The first-order chi connectivity index (χ1) is 12.3. The number of nitro benzene ring substituents is 1. The van der Waals surface area contributed by atoms with Gasteiger partial charge in [-0.2, -0.15) is 5.10 Å². The lowest BCUT2D eigenvalue weighted by molar-refractivity contribution is -0.385. The van der Waals surface area contributed by atoms with Crippen molar-refractivity contribution in [2.45, 2.75) is 0 Å². The molecule has 1 amide bonds. The minimum Gasteiger partial charge on any atom is -0.502 e. The van der Waals surface area contributed by atoms with Gasteiger partial charge in [0.1, 0.15) is 5.75 Å². The first kappa shape index (κ1) is 20.0. The molecule has 2 rings (SSSR count). The molecule has 136 valence electrons. The van der Waals surface area contributed by atoms with Gasteiger partial charge in [0.2, 0.25) is 5.75 Å². The summed E-state index contributed by atoms with van der Waals surface area (Å²) in [5, 5.41) is 25.0. The summed E-state index contributed by atoms with van der Waals surface area (Å²) in [6, 6.07) is 7.11. The second-order valence-corrected chi connectivity index (χ2v) is 6.54. The number of ether oxygens (including phenoxy) is 1. The average molecular weight is 463 g/mol. The highest BCUT2D eigenvalue weighted by Gasteiger charge is 2.17. The zero-order valence-corrected chi connectivity index (χ0v) is 15.9. The summed E-state index contributed by atoms with van der Waals surface area (Å²) in [5.41, 5.74) is 1.72. The van der Waals surface area contributed by atoms with Crippen LogP contribution in [0.1, 0.15) is 5.56 Å². The topological polar surface area (TPSA) is 114 Å². The number of halogens is 3. The fraction of sp³-hybridized carbons (Fsp3) is 0.0667. The minimum atomic E-state index is -0.738. The molecule has 2 aromatic carbocycles. The van der Waals surface area contributed by atoms with E-state index in [1.807, 2.05) is 0 Å². The maximum Gasteiger partial charge on any atom is 0.312 e. The van der Waals surface area contributed by atoms with Gasteiger partial charge in [0, 0.05) is 27.2 Å². The van der Waals surface area contributed by atoms with Gasteiger partial charge in [-0.15, -0.1) is 0 Å². The highest BCUT2D eigenvalue weighted by atomic mass is 79.9. The highest BCUT2D eigenvalue weighted by Crippen LogP contribution is 2.32. The monoisotopic (exact) mass is 461 g/mol. The Balaban J connectivity index is 1.99. The number of nitrogens with zero attached hydrogens (tertiary/aromatic N) is 2. The Kier molecular flexibility index (Phi) is 6.78. The third-order valence-electron chi connectivity index (χ3n) is 2.93. The van der Waals surface area contributed by atoms with Crippen LogP contribution >= 0.6 is 39.1 Å². The molecule has 0 aliphatic carbocycles. The number of nitrogens with one attached hydrogen (secondary N) is 1. The molecule has 0 spiro atoms. The largest absolute Gasteiger partial charge is 0.502 e. The van der Waals surface area contributed by atoms with Gasteiger partial charge in [-0.25, -0.2) is 5.43 Å². The summed E-state index contributed by atoms with van der Waals surface area (Å²) in [7, 11) is 0. The standard InChI is InChI=1S/C15H10BrCl2N3O5/c16-9-3-8(15(23)12(4-9)21(24)25)6-19-20-14(22)7-26-13-5-10(17)1-2-11(13)18/h1-6,23H,7H2,(H,20,22). The highest BCUT2D eigenvalue weighted by molar-refractivity contribution is 9.10. The molecule has 0 unspecified atom stereocenters. The van der Waals surface area contributed by atoms with Crippen molar-refractivity contribution in [3.8, 4) is 11.5 Å². The van der Waals surface area contributed by atoms with Crippen LogP contribution in [0.15, 0.2) is 39.9 Å². The number of hydrazone groups is 1. The van der Waals surface area contributed by atoms with E-state index in [0.29, 0.717) is 9.50 Å². The molecule has 0 aromatic heterocycles. The summed E-state index contributed by atoms with van der Waals surface area (Å²) >= 11 is 14.8. The van der Waals surface area contributed by atoms with Crippen LogP contribution in [0.25, 0.3) is 0 Å². The molecule has 0 bridgehead atoms. The SMILES string of the molecule is O=C(COc1cc(Cl)ccc1Cl)NN=Cc1cc(Br)cc([N+](=O)[O-])c1O. The summed E-state index contributed by atoms with van der Waals surface area (Å²) in [6.45, 7) is -0.387. The second kappa shape index (κ2) is 8.84. The molecule has 11 heteroatoms. The molecule has 0 radical (unpaired) electrons. The van der Waals surface area contributed by atoms with Crippen molar-refractivity contribution in [2.24, 2.45) is 5.10 Å². The minimum absolute atomic E-state index is 0.0465. The van der Waals surface area contributed by atoms with Gasteiger partial charge >= 0.3 is 5.69 Å². The van der Waals surface area contributed by atoms with Gasteiger partial charge in [0.05, 0.1) is 16.2 Å². The Labute approximate surface area is 165 Å². The Morgan fingerprint density at radius 1 is 1.38 bits per heavy atom. The van der Waals surface area contributed by atoms with Crippen molar-refractivity contribution in [3.05, 3.63) is 60.5 Å². The molecule has 26 heavy (non-hydrogen) atoms. The lowest BCUT2D eigenvalue weighted by Gasteiger charge is -2.07. The number of aromatic hydroxyl groups is 1. The molecule has 8 nitrogen and oxygen atoms in total. The smallest absolute Gasteiger partial charge is 0.312 e. The van der Waals surface area contributed by atoms with Crippen molar-refractivity contribution in [1.82, 2.24) is 5.43 Å². The molecule has 0 atom stereocenters. The lowest BCUT2D eigenvalue weighted by Crippen LogP contribution is -2.24. The van der Waals surface area contributed by atoms with E-state index in [1.165, 1.54) is 18.2 Å². The number of amides is 1. The van der Waals surface area contributed by atoms with E-state index >= 15 is 0 Å². The van der Waals surface area contributed by atoms with Crippen LogP contribution in [-0.2, 0) is 4.79 Å². The fourth-order valence-electron chi connectivity index (χ4n) is 1.78. The first-order valence-electron chi connectivity index (χ1n) is 6.84. The van der Waals surface area contributed by atoms with E-state index in [4.69, 9.17) is 27.9 Å². The summed E-state index contributed by atoms with van der Waals surface area (Å²) in [4.78, 5) is 21.8. The van der Waals surface area contributed by atoms with Gasteiger partial charge < -0.3 is 9.84 Å². The number of carbonyl (C=O) groups excluding carboxylic acids is 1. The molecule has 0 saturated carbocycles. The number of hydrogen-bond acceptors (Lipinski definition) is 6. The predicted octanol–water partition coefficient (Wildman–Crippen LogP) is 3.90. The molecule has 0 fully saturated rings. The molecule has 2 aromatic rings. The molecule has 0 aliphatic heterocycles. The number of benzene rings is 2. The van der Waals surface area contributed by atoms with Crippen LogP contribution in [0.3, 0.4) is 0 Å². The quantitative estimate of drug-likeness (QED) is 0.384. The second-order valence-electron chi connectivity index (χ2n) is 4.78. The van der Waals surface area contributed by atoms with Gasteiger partial charge in [-0.3, -0.25) is 14.9 Å². The van der Waals surface area contributed by atoms with E-state index in [-0.39, 0.29) is 22.9 Å². The third kappa shape index (κ3) is 5.32. The van der Waals surface area contributed by atoms with Crippen LogP contribution in [0.2, 0.25) is 10.0 Å². The first-order valence-corrected chi connectivity index (χ1v) is 8.39. The van der Waals surface area contributed by atoms with Gasteiger partial charge in [-0.05, 0) is 18.2 Å². The summed E-state index contributed by atoms with van der Waals surface area (Å²) in [6.07, 6.45) is 1.07. The maximum absolute atomic E-state index is 11.7. The Morgan fingerprint density at radius 2 is 2.12 bits per heavy atom. The van der Waals surface area contributed by atoms with Crippen molar-refractivity contribution in [3.63, 3.8) is 0 Å². The van der Waals surface area contributed by atoms with E-state index in [0.717, 1.165) is 12.3 Å². The Bertz CT molecular complexity index is 892. The molecule has 0 aliphatic rings. The number of phenolic OH excluding ortho intramolecular Hbond substituents is 1. The molecule has 0 saturated heterocycles. The number of nitro groups is 1. The van der Waals surface area contributed by atoms with Crippen LogP contribution in [0.5, 0.6) is 11.5 Å². The van der Waals surface area contributed by atoms with Gasteiger partial charge in [0.25, 0.3) is 5.91 Å².